The van der Waals surface area contributed by atoms with Crippen LogP contribution >= 0.6 is 0 Å². The number of imidazole rings is 1. The lowest BCUT2D eigenvalue weighted by Gasteiger charge is -2.19. The average molecular weight is 609 g/mol. The Labute approximate surface area is 256 Å². The smallest absolute Gasteiger partial charge is 0.473 e. The van der Waals surface area contributed by atoms with Gasteiger partial charge in [-0.05, 0) is 23.7 Å². The predicted molar refractivity (Wildman–Crippen MR) is 163 cm³/mol. The first-order valence-electron chi connectivity index (χ1n) is 14.1. The van der Waals surface area contributed by atoms with E-state index in [0.29, 0.717) is 6.01 Å². The lowest BCUT2D eigenvalue weighted by Crippen LogP contribution is -3.00. The van der Waals surface area contributed by atoms with Crippen LogP contribution in [-0.2, 0) is 9.84 Å². The quantitative estimate of drug-likeness (QED) is 0.192. The summed E-state index contributed by atoms with van der Waals surface area (Å²) in [5.74, 6) is 1.14. The highest BCUT2D eigenvalue weighted by atomic mass is 35.5. The summed E-state index contributed by atoms with van der Waals surface area (Å²) in [6, 6.07) is 14.9. The van der Waals surface area contributed by atoms with Gasteiger partial charge in [0.1, 0.15) is 23.8 Å². The highest BCUT2D eigenvalue weighted by molar-refractivity contribution is 7.94. The van der Waals surface area contributed by atoms with E-state index >= 15 is 0 Å². The van der Waals surface area contributed by atoms with Gasteiger partial charge < -0.3 is 17.1 Å². The van der Waals surface area contributed by atoms with Crippen LogP contribution in [0, 0.1) is 0 Å². The summed E-state index contributed by atoms with van der Waals surface area (Å²) >= 11 is 0. The Hall–Kier alpha value is -3.49. The maximum absolute atomic E-state index is 12.5. The fourth-order valence-corrected chi connectivity index (χ4v) is 5.66. The molecule has 0 atom stereocenters. The molecule has 0 amide bonds. The number of para-hydroxylation sites is 2. The fourth-order valence-electron chi connectivity index (χ4n) is 5.08. The van der Waals surface area contributed by atoms with Crippen LogP contribution in [0.4, 0.5) is 0 Å². The van der Waals surface area contributed by atoms with E-state index in [0.717, 1.165) is 16.8 Å². The van der Waals surface area contributed by atoms with Crippen LogP contribution in [0.25, 0.3) is 11.4 Å². The van der Waals surface area contributed by atoms with Gasteiger partial charge in [-0.3, -0.25) is 0 Å². The summed E-state index contributed by atoms with van der Waals surface area (Å²) < 4.78 is 35.7. The topological polar surface area (TPSA) is 78.0 Å². The van der Waals surface area contributed by atoms with Gasteiger partial charge in [-0.1, -0.05) is 98.4 Å². The number of halogens is 1. The van der Waals surface area contributed by atoms with Crippen molar-refractivity contribution < 1.29 is 30.1 Å². The number of aromatic nitrogens is 4. The molecule has 0 unspecified atom stereocenters. The van der Waals surface area contributed by atoms with E-state index in [4.69, 9.17) is 4.74 Å². The molecule has 4 aromatic rings. The monoisotopic (exact) mass is 608 g/mol. The molecular formula is C33H41ClN4O3S. The Morgan fingerprint density at radius 1 is 0.833 bits per heavy atom. The van der Waals surface area contributed by atoms with Crippen molar-refractivity contribution in [2.24, 2.45) is 0 Å². The lowest BCUT2D eigenvalue weighted by molar-refractivity contribution is -0.602. The standard InChI is InChI=1S/C33H41N4O3S.ClH/c1-10-41(38,39)32-34-18-17-29(35-32)40-33-36(30-25(21(2)3)13-11-14-26(30)22(4)5)19-20-37(33)31-27(23(6)7)15-12-16-28(31)24(8)9;/h10-24H,1H2,2-9H3;1H/q+1;/p-1. The van der Waals surface area contributed by atoms with E-state index in [2.05, 4.69) is 117 Å². The van der Waals surface area contributed by atoms with E-state index in [1.807, 2.05) is 12.4 Å². The first kappa shape index (κ1) is 33.0. The SMILES string of the molecule is C=CS(=O)(=O)c1nccc(Oc2n(-c3c(C(C)C)cccc3C(C)C)cc[n+]2-c2c(C(C)C)cccc2C(C)C)n1.[Cl-]. The molecule has 0 radical (unpaired) electrons. The van der Waals surface area contributed by atoms with Gasteiger partial charge in [-0.15, -0.1) is 0 Å². The Morgan fingerprint density at radius 2 is 1.33 bits per heavy atom. The van der Waals surface area contributed by atoms with Crippen LogP contribution in [0.5, 0.6) is 11.9 Å². The first-order valence-corrected chi connectivity index (χ1v) is 15.7. The van der Waals surface area contributed by atoms with Crippen molar-refractivity contribution in [1.29, 1.82) is 0 Å². The van der Waals surface area contributed by atoms with Crippen molar-refractivity contribution in [3.8, 4) is 23.3 Å². The predicted octanol–water partition coefficient (Wildman–Crippen LogP) is 4.75. The molecule has 224 valence electrons. The number of hydrogen-bond donors (Lipinski definition) is 0. The van der Waals surface area contributed by atoms with Crippen LogP contribution in [0.3, 0.4) is 0 Å². The molecular weight excluding hydrogens is 568 g/mol. The Bertz CT molecular complexity index is 1540. The largest absolute Gasteiger partial charge is 1.00 e. The summed E-state index contributed by atoms with van der Waals surface area (Å²) in [7, 11) is -3.85. The van der Waals surface area contributed by atoms with Crippen molar-refractivity contribution in [2.75, 3.05) is 0 Å². The Morgan fingerprint density at radius 3 is 1.81 bits per heavy atom. The van der Waals surface area contributed by atoms with Crippen molar-refractivity contribution in [3.63, 3.8) is 0 Å². The third-order valence-electron chi connectivity index (χ3n) is 7.22. The second kappa shape index (κ2) is 13.2. The number of ether oxygens (including phenoxy) is 1. The number of sulfone groups is 1. The fraction of sp³-hybridized carbons (Fsp3) is 0.364. The zero-order valence-electron chi connectivity index (χ0n) is 25.7. The first-order chi connectivity index (χ1) is 19.4. The summed E-state index contributed by atoms with van der Waals surface area (Å²) in [6.45, 7) is 20.9. The molecule has 7 nitrogen and oxygen atoms in total. The normalized spacial score (nSPS) is 11.8. The molecule has 0 bridgehead atoms. The van der Waals surface area contributed by atoms with Crippen molar-refractivity contribution >= 4 is 9.84 Å². The summed E-state index contributed by atoms with van der Waals surface area (Å²) in [5, 5.41) is 0.488. The van der Waals surface area contributed by atoms with Crippen LogP contribution in [-0.4, -0.2) is 23.0 Å². The number of hydrogen-bond acceptors (Lipinski definition) is 5. The second-order valence-corrected chi connectivity index (χ2v) is 13.3. The van der Waals surface area contributed by atoms with Crippen LogP contribution in [0.2, 0.25) is 0 Å². The van der Waals surface area contributed by atoms with Crippen molar-refractivity contribution in [2.45, 2.75) is 84.2 Å². The van der Waals surface area contributed by atoms with Crippen molar-refractivity contribution in [3.05, 3.63) is 95.3 Å². The van der Waals surface area contributed by atoms with E-state index in [9.17, 15) is 8.42 Å². The molecule has 0 saturated heterocycles. The van der Waals surface area contributed by atoms with Gasteiger partial charge in [0.15, 0.2) is 0 Å². The maximum atomic E-state index is 12.5. The molecule has 2 aromatic carbocycles. The molecule has 0 aliphatic rings. The van der Waals surface area contributed by atoms with Gasteiger partial charge in [0.2, 0.25) is 15.7 Å². The minimum absolute atomic E-state index is 0. The number of nitrogens with zero attached hydrogens (tertiary/aromatic N) is 4. The van der Waals surface area contributed by atoms with Gasteiger partial charge in [-0.2, -0.15) is 14.1 Å². The molecule has 2 heterocycles. The summed E-state index contributed by atoms with van der Waals surface area (Å²) in [6.07, 6.45) is 5.43. The van der Waals surface area contributed by atoms with Crippen molar-refractivity contribution in [1.82, 2.24) is 14.5 Å². The minimum atomic E-state index is -3.85. The minimum Gasteiger partial charge on any atom is -1.00 e. The highest BCUT2D eigenvalue weighted by Crippen LogP contribution is 2.36. The van der Waals surface area contributed by atoms with Gasteiger partial charge in [0.25, 0.3) is 5.16 Å². The zero-order valence-corrected chi connectivity index (χ0v) is 27.2. The van der Waals surface area contributed by atoms with Gasteiger partial charge in [0.05, 0.1) is 0 Å². The number of rotatable bonds is 10. The highest BCUT2D eigenvalue weighted by Gasteiger charge is 2.32. The third kappa shape index (κ3) is 6.45. The molecule has 42 heavy (non-hydrogen) atoms. The van der Waals surface area contributed by atoms with E-state index < -0.39 is 9.84 Å². The molecule has 0 spiro atoms. The van der Waals surface area contributed by atoms with Gasteiger partial charge in [-0.25, -0.2) is 13.4 Å². The summed E-state index contributed by atoms with van der Waals surface area (Å²) in [5.41, 5.74) is 6.83. The molecule has 0 aliphatic carbocycles. The molecule has 0 aliphatic heterocycles. The Balaban J connectivity index is 0.00000484. The molecule has 9 heteroatoms. The van der Waals surface area contributed by atoms with Crippen LogP contribution < -0.4 is 21.7 Å². The third-order valence-corrected chi connectivity index (χ3v) is 8.37. The number of benzene rings is 2. The lowest BCUT2D eigenvalue weighted by atomic mass is 9.92. The second-order valence-electron chi connectivity index (χ2n) is 11.5. The van der Waals surface area contributed by atoms with Gasteiger partial charge >= 0.3 is 6.01 Å². The zero-order chi connectivity index (χ0) is 30.1. The molecule has 0 fully saturated rings. The maximum Gasteiger partial charge on any atom is 0.473 e. The van der Waals surface area contributed by atoms with E-state index in [1.54, 1.807) is 6.07 Å². The van der Waals surface area contributed by atoms with Gasteiger partial charge in [0, 0.05) is 39.9 Å². The van der Waals surface area contributed by atoms with Crippen LogP contribution in [0.1, 0.15) is 101 Å². The van der Waals surface area contributed by atoms with Crippen LogP contribution in [0.15, 0.2) is 78.2 Å². The molecule has 0 saturated carbocycles. The molecule has 0 N–H and O–H groups in total. The molecule has 2 aromatic heterocycles. The average Bonchev–Trinajstić information content (AvgIpc) is 3.34. The van der Waals surface area contributed by atoms with E-state index in [-0.39, 0.29) is 47.1 Å². The van der Waals surface area contributed by atoms with E-state index in [1.165, 1.54) is 28.5 Å². The Kier molecular flexibility index (Phi) is 10.4. The summed E-state index contributed by atoms with van der Waals surface area (Å²) in [4.78, 5) is 8.23. The molecule has 4 rings (SSSR count).